The molecule has 0 aliphatic rings. The van der Waals surface area contributed by atoms with Crippen LogP contribution in [0.4, 0.5) is 5.69 Å². The molecule has 5 heteroatoms. The van der Waals surface area contributed by atoms with E-state index in [1.54, 1.807) is 31.3 Å². The lowest BCUT2D eigenvalue weighted by atomic mass is 10.2. The minimum absolute atomic E-state index is 0.0989. The van der Waals surface area contributed by atoms with Crippen molar-refractivity contribution in [2.75, 3.05) is 25.6 Å². The Labute approximate surface area is 94.4 Å². The Hall–Kier alpha value is -1.59. The number of nitrogens with two attached hydrogens (primary N) is 1. The van der Waals surface area contributed by atoms with Gasteiger partial charge in [-0.05, 0) is 12.1 Å². The number of likely N-dealkylation sites (N-methyl/N-ethyl adjacent to an activating group) is 1. The van der Waals surface area contributed by atoms with Crippen molar-refractivity contribution in [2.45, 2.75) is 6.10 Å². The van der Waals surface area contributed by atoms with E-state index in [9.17, 15) is 9.90 Å². The molecule has 5 nitrogen and oxygen atoms in total. The van der Waals surface area contributed by atoms with Gasteiger partial charge < -0.3 is 20.5 Å². The van der Waals surface area contributed by atoms with E-state index in [1.807, 2.05) is 0 Å². The van der Waals surface area contributed by atoms with Gasteiger partial charge in [-0.3, -0.25) is 4.79 Å². The first-order valence-electron chi connectivity index (χ1n) is 4.90. The van der Waals surface area contributed by atoms with Gasteiger partial charge >= 0.3 is 0 Å². The third-order valence-electron chi connectivity index (χ3n) is 2.29. The van der Waals surface area contributed by atoms with Gasteiger partial charge in [0.1, 0.15) is 11.9 Å². The highest BCUT2D eigenvalue weighted by Crippen LogP contribution is 2.26. The van der Waals surface area contributed by atoms with Gasteiger partial charge in [-0.25, -0.2) is 0 Å². The molecule has 0 aliphatic carbocycles. The molecule has 0 heterocycles. The SMILES string of the molecule is COc1ccccc1N(C)C(=O)C(O)CN. The normalized spacial score (nSPS) is 12.0. The van der Waals surface area contributed by atoms with Crippen LogP contribution in [-0.2, 0) is 4.79 Å². The molecule has 1 amide bonds. The van der Waals surface area contributed by atoms with E-state index in [-0.39, 0.29) is 6.54 Å². The topological polar surface area (TPSA) is 75.8 Å². The summed E-state index contributed by atoms with van der Waals surface area (Å²) >= 11 is 0. The van der Waals surface area contributed by atoms with Gasteiger partial charge in [-0.15, -0.1) is 0 Å². The van der Waals surface area contributed by atoms with Crippen molar-refractivity contribution in [1.82, 2.24) is 0 Å². The zero-order valence-corrected chi connectivity index (χ0v) is 9.38. The molecule has 1 unspecified atom stereocenters. The van der Waals surface area contributed by atoms with Crippen LogP contribution in [0.3, 0.4) is 0 Å². The second-order valence-corrected chi connectivity index (χ2v) is 3.32. The Morgan fingerprint density at radius 1 is 1.56 bits per heavy atom. The summed E-state index contributed by atoms with van der Waals surface area (Å²) in [5, 5.41) is 9.36. The van der Waals surface area contributed by atoms with Crippen LogP contribution in [0.1, 0.15) is 0 Å². The summed E-state index contributed by atoms with van der Waals surface area (Å²) in [5.74, 6) is 0.120. The monoisotopic (exact) mass is 224 g/mol. The van der Waals surface area contributed by atoms with Crippen LogP contribution in [-0.4, -0.2) is 37.8 Å². The van der Waals surface area contributed by atoms with Gasteiger partial charge in [0.15, 0.2) is 0 Å². The van der Waals surface area contributed by atoms with E-state index in [2.05, 4.69) is 0 Å². The highest BCUT2D eigenvalue weighted by molar-refractivity contribution is 5.97. The minimum Gasteiger partial charge on any atom is -0.495 e. The van der Waals surface area contributed by atoms with E-state index in [0.717, 1.165) is 0 Å². The molecule has 1 rings (SSSR count). The van der Waals surface area contributed by atoms with E-state index in [4.69, 9.17) is 10.5 Å². The standard InChI is InChI=1S/C11H16N2O3/c1-13(11(15)9(14)7-12)8-5-3-4-6-10(8)16-2/h3-6,9,14H,7,12H2,1-2H3. The van der Waals surface area contributed by atoms with Crippen molar-refractivity contribution in [3.8, 4) is 5.75 Å². The first kappa shape index (κ1) is 12.5. The van der Waals surface area contributed by atoms with Crippen LogP contribution in [0.2, 0.25) is 0 Å². The number of para-hydroxylation sites is 2. The highest BCUT2D eigenvalue weighted by atomic mass is 16.5. The minimum atomic E-state index is -1.19. The summed E-state index contributed by atoms with van der Waals surface area (Å²) < 4.78 is 5.12. The molecular formula is C11H16N2O3. The van der Waals surface area contributed by atoms with Crippen LogP contribution < -0.4 is 15.4 Å². The molecule has 0 saturated carbocycles. The van der Waals surface area contributed by atoms with Crippen LogP contribution in [0.25, 0.3) is 0 Å². The number of benzene rings is 1. The van der Waals surface area contributed by atoms with Gasteiger partial charge in [0.05, 0.1) is 12.8 Å². The van der Waals surface area contributed by atoms with Crippen LogP contribution in [0, 0.1) is 0 Å². The Morgan fingerprint density at radius 2 is 2.19 bits per heavy atom. The zero-order valence-electron chi connectivity index (χ0n) is 9.38. The van der Waals surface area contributed by atoms with E-state index in [1.165, 1.54) is 12.0 Å². The number of anilines is 1. The molecule has 0 aromatic heterocycles. The number of nitrogens with zero attached hydrogens (tertiary/aromatic N) is 1. The lowest BCUT2D eigenvalue weighted by molar-refractivity contribution is -0.125. The molecule has 0 fully saturated rings. The largest absolute Gasteiger partial charge is 0.495 e. The van der Waals surface area contributed by atoms with Crippen molar-refractivity contribution in [1.29, 1.82) is 0 Å². The van der Waals surface area contributed by atoms with Crippen molar-refractivity contribution in [3.63, 3.8) is 0 Å². The smallest absolute Gasteiger partial charge is 0.256 e. The fraction of sp³-hybridized carbons (Fsp3) is 0.364. The number of hydrogen-bond acceptors (Lipinski definition) is 4. The average molecular weight is 224 g/mol. The maximum absolute atomic E-state index is 11.7. The summed E-state index contributed by atoms with van der Waals surface area (Å²) in [6.45, 7) is -0.0989. The number of carbonyl (C=O) groups is 1. The number of carbonyl (C=O) groups excluding carboxylic acids is 1. The molecule has 0 bridgehead atoms. The summed E-state index contributed by atoms with van der Waals surface area (Å²) in [6.07, 6.45) is -1.19. The van der Waals surface area contributed by atoms with Crippen molar-refractivity contribution in [3.05, 3.63) is 24.3 Å². The maximum Gasteiger partial charge on any atom is 0.256 e. The molecule has 0 radical (unpaired) electrons. The molecule has 0 saturated heterocycles. The number of ether oxygens (including phenoxy) is 1. The summed E-state index contributed by atoms with van der Waals surface area (Å²) in [5.41, 5.74) is 5.83. The molecule has 16 heavy (non-hydrogen) atoms. The van der Waals surface area contributed by atoms with Crippen LogP contribution in [0.5, 0.6) is 5.75 Å². The predicted octanol–water partition coefficient (Wildman–Crippen LogP) is -0.0224. The first-order valence-corrected chi connectivity index (χ1v) is 4.90. The molecule has 1 aromatic rings. The molecule has 1 aromatic carbocycles. The Morgan fingerprint density at radius 3 is 2.75 bits per heavy atom. The number of aliphatic hydroxyl groups excluding tert-OH is 1. The number of rotatable bonds is 4. The number of hydrogen-bond donors (Lipinski definition) is 2. The highest BCUT2D eigenvalue weighted by Gasteiger charge is 2.20. The van der Waals surface area contributed by atoms with Crippen molar-refractivity contribution >= 4 is 11.6 Å². The van der Waals surface area contributed by atoms with Crippen LogP contribution in [0.15, 0.2) is 24.3 Å². The van der Waals surface area contributed by atoms with E-state index >= 15 is 0 Å². The van der Waals surface area contributed by atoms with E-state index < -0.39 is 12.0 Å². The second kappa shape index (κ2) is 5.48. The zero-order chi connectivity index (χ0) is 12.1. The third-order valence-corrected chi connectivity index (χ3v) is 2.29. The number of methoxy groups -OCH3 is 1. The summed E-state index contributed by atoms with van der Waals surface area (Å²) in [7, 11) is 3.09. The quantitative estimate of drug-likeness (QED) is 0.753. The molecule has 0 aliphatic heterocycles. The maximum atomic E-state index is 11.7. The Bertz CT molecular complexity index is 368. The fourth-order valence-corrected chi connectivity index (χ4v) is 1.35. The molecular weight excluding hydrogens is 208 g/mol. The van der Waals surface area contributed by atoms with E-state index in [0.29, 0.717) is 11.4 Å². The van der Waals surface area contributed by atoms with Gasteiger partial charge in [-0.1, -0.05) is 12.1 Å². The van der Waals surface area contributed by atoms with Crippen molar-refractivity contribution in [2.24, 2.45) is 5.73 Å². The van der Waals surface area contributed by atoms with Gasteiger partial charge in [0.2, 0.25) is 0 Å². The number of aliphatic hydroxyl groups is 1. The fourth-order valence-electron chi connectivity index (χ4n) is 1.35. The summed E-state index contributed by atoms with van der Waals surface area (Å²) in [6, 6.07) is 7.07. The first-order chi connectivity index (χ1) is 7.61. The van der Waals surface area contributed by atoms with Crippen LogP contribution >= 0.6 is 0 Å². The lowest BCUT2D eigenvalue weighted by Crippen LogP contribution is -2.40. The van der Waals surface area contributed by atoms with Gasteiger partial charge in [-0.2, -0.15) is 0 Å². The molecule has 3 N–H and O–H groups in total. The second-order valence-electron chi connectivity index (χ2n) is 3.32. The molecule has 1 atom stereocenters. The van der Waals surface area contributed by atoms with Gasteiger partial charge in [0, 0.05) is 13.6 Å². The number of amides is 1. The average Bonchev–Trinajstić information content (AvgIpc) is 2.35. The molecule has 88 valence electrons. The third kappa shape index (κ3) is 2.50. The lowest BCUT2D eigenvalue weighted by Gasteiger charge is -2.21. The Kier molecular flexibility index (Phi) is 4.28. The van der Waals surface area contributed by atoms with Crippen molar-refractivity contribution < 1.29 is 14.6 Å². The Balaban J connectivity index is 2.95. The summed E-state index contributed by atoms with van der Waals surface area (Å²) in [4.78, 5) is 13.0. The molecule has 0 spiro atoms. The van der Waals surface area contributed by atoms with Gasteiger partial charge in [0.25, 0.3) is 5.91 Å². The predicted molar refractivity (Wildman–Crippen MR) is 61.5 cm³/mol.